The maximum absolute atomic E-state index is 13.5. The third kappa shape index (κ3) is 5.05. The van der Waals surface area contributed by atoms with E-state index in [2.05, 4.69) is 10.5 Å². The molecule has 0 aliphatic rings. The van der Waals surface area contributed by atoms with Gasteiger partial charge in [-0.1, -0.05) is 24.3 Å². The molecular formula is C27H24F3N3O3. The minimum atomic E-state index is -4.56. The fourth-order valence-corrected chi connectivity index (χ4v) is 4.19. The van der Waals surface area contributed by atoms with Crippen molar-refractivity contribution in [1.82, 2.24) is 9.99 Å². The molecule has 4 rings (SSSR count). The number of alkyl halides is 3. The second kappa shape index (κ2) is 9.41. The first-order valence-corrected chi connectivity index (χ1v) is 11.1. The van der Waals surface area contributed by atoms with E-state index in [-0.39, 0.29) is 34.8 Å². The molecule has 0 atom stereocenters. The molecule has 3 aromatic carbocycles. The topological polar surface area (TPSA) is 86.8 Å². The van der Waals surface area contributed by atoms with Gasteiger partial charge in [0.2, 0.25) is 11.8 Å². The number of phenols is 1. The molecule has 36 heavy (non-hydrogen) atoms. The molecule has 0 saturated heterocycles. The Kier molecular flexibility index (Phi) is 6.49. The highest BCUT2D eigenvalue weighted by Gasteiger charge is 2.32. The zero-order valence-electron chi connectivity index (χ0n) is 19.8. The van der Waals surface area contributed by atoms with Crippen LogP contribution in [0.15, 0.2) is 65.8 Å². The first-order valence-electron chi connectivity index (χ1n) is 11.1. The van der Waals surface area contributed by atoms with Crippen molar-refractivity contribution in [1.29, 1.82) is 0 Å². The molecule has 0 saturated carbocycles. The van der Waals surface area contributed by atoms with Crippen molar-refractivity contribution in [2.24, 2.45) is 5.10 Å². The van der Waals surface area contributed by atoms with Gasteiger partial charge in [-0.05, 0) is 73.9 Å². The summed E-state index contributed by atoms with van der Waals surface area (Å²) in [6.45, 7) is 5.27. The van der Waals surface area contributed by atoms with Crippen molar-refractivity contribution in [3.63, 3.8) is 0 Å². The van der Waals surface area contributed by atoms with E-state index in [1.54, 1.807) is 31.2 Å². The van der Waals surface area contributed by atoms with E-state index in [9.17, 15) is 28.2 Å². The van der Waals surface area contributed by atoms with E-state index in [0.29, 0.717) is 16.6 Å². The van der Waals surface area contributed by atoms with E-state index in [1.165, 1.54) is 22.8 Å². The Hall–Kier alpha value is -4.27. The molecule has 0 unspecified atom stereocenters. The molecule has 0 aliphatic heterocycles. The second-order valence-corrected chi connectivity index (χ2v) is 8.69. The van der Waals surface area contributed by atoms with Crippen LogP contribution >= 0.6 is 0 Å². The van der Waals surface area contributed by atoms with E-state index in [0.717, 1.165) is 23.3 Å². The van der Waals surface area contributed by atoms with E-state index >= 15 is 0 Å². The molecule has 1 amide bonds. The lowest BCUT2D eigenvalue weighted by molar-refractivity contribution is -0.137. The van der Waals surface area contributed by atoms with Crippen LogP contribution in [-0.2, 0) is 17.4 Å². The standard InChI is InChI=1S/C27H24F3N3O3/c1-15-10-16(2)12-20(11-15)33-23-14-19(27(28,29)30)6-9-22(23)25(26(33)36)17(3)31-32-24(35)13-18-4-7-21(34)8-5-18/h4-12,14,34,36H,13H2,1-3H3,(H,32,35)/b31-17-. The molecule has 0 bridgehead atoms. The van der Waals surface area contributed by atoms with E-state index in [1.807, 2.05) is 19.9 Å². The largest absolute Gasteiger partial charge is 0.508 e. The molecule has 0 radical (unpaired) electrons. The third-order valence-corrected chi connectivity index (χ3v) is 5.75. The molecule has 9 heteroatoms. The van der Waals surface area contributed by atoms with Crippen molar-refractivity contribution in [3.8, 4) is 17.3 Å². The summed E-state index contributed by atoms with van der Waals surface area (Å²) in [7, 11) is 0. The molecule has 0 spiro atoms. The summed E-state index contributed by atoms with van der Waals surface area (Å²) in [5.41, 5.74) is 5.10. The second-order valence-electron chi connectivity index (χ2n) is 8.69. The molecule has 0 fully saturated rings. The first kappa shape index (κ1) is 24.8. The van der Waals surface area contributed by atoms with Crippen LogP contribution in [0, 0.1) is 13.8 Å². The summed E-state index contributed by atoms with van der Waals surface area (Å²) in [6.07, 6.45) is -4.56. The Morgan fingerprint density at radius 2 is 1.61 bits per heavy atom. The van der Waals surface area contributed by atoms with Gasteiger partial charge in [-0.15, -0.1) is 0 Å². The predicted molar refractivity (Wildman–Crippen MR) is 132 cm³/mol. The number of benzene rings is 3. The van der Waals surface area contributed by atoms with Crippen LogP contribution in [0.2, 0.25) is 0 Å². The molecule has 3 N–H and O–H groups in total. The molecule has 4 aromatic rings. The summed E-state index contributed by atoms with van der Waals surface area (Å²) in [6, 6.07) is 14.8. The predicted octanol–water partition coefficient (Wildman–Crippen LogP) is 5.76. The lowest BCUT2D eigenvalue weighted by Crippen LogP contribution is -2.21. The minimum absolute atomic E-state index is 0.00230. The SMILES string of the molecule is C/C(=N/NC(=O)Cc1ccc(O)cc1)c1c(O)n(-c2cc(C)cc(C)c2)c2cc(C(F)(F)F)ccc12. The normalized spacial score (nSPS) is 12.2. The Morgan fingerprint density at radius 1 is 0.972 bits per heavy atom. The van der Waals surface area contributed by atoms with Crippen LogP contribution in [0.25, 0.3) is 16.6 Å². The molecule has 1 aromatic heterocycles. The van der Waals surface area contributed by atoms with Crippen LogP contribution < -0.4 is 5.43 Å². The number of aryl methyl sites for hydroxylation is 2. The number of aromatic nitrogens is 1. The quantitative estimate of drug-likeness (QED) is 0.243. The van der Waals surface area contributed by atoms with Crippen LogP contribution in [0.1, 0.15) is 34.7 Å². The number of hydrogen-bond acceptors (Lipinski definition) is 4. The number of halogens is 3. The Labute approximate surface area is 205 Å². The average molecular weight is 496 g/mol. The van der Waals surface area contributed by atoms with Gasteiger partial charge >= 0.3 is 6.18 Å². The third-order valence-electron chi connectivity index (χ3n) is 5.75. The average Bonchev–Trinajstić information content (AvgIpc) is 3.09. The van der Waals surface area contributed by atoms with Gasteiger partial charge in [0.1, 0.15) is 5.75 Å². The van der Waals surface area contributed by atoms with Gasteiger partial charge in [-0.2, -0.15) is 18.3 Å². The van der Waals surface area contributed by atoms with Crippen molar-refractivity contribution in [2.45, 2.75) is 33.4 Å². The maximum atomic E-state index is 13.5. The molecule has 186 valence electrons. The summed E-state index contributed by atoms with van der Waals surface area (Å²) in [5.74, 6) is -0.641. The van der Waals surface area contributed by atoms with Gasteiger partial charge in [-0.25, -0.2) is 5.43 Å². The number of amides is 1. The highest BCUT2D eigenvalue weighted by Crippen LogP contribution is 2.39. The van der Waals surface area contributed by atoms with Gasteiger partial charge in [0.25, 0.3) is 0 Å². The smallest absolute Gasteiger partial charge is 0.416 e. The zero-order valence-corrected chi connectivity index (χ0v) is 19.8. The van der Waals surface area contributed by atoms with E-state index in [4.69, 9.17) is 0 Å². The van der Waals surface area contributed by atoms with E-state index < -0.39 is 17.6 Å². The first-order chi connectivity index (χ1) is 16.9. The summed E-state index contributed by atoms with van der Waals surface area (Å²) in [5, 5.41) is 25.0. The lowest BCUT2D eigenvalue weighted by Gasteiger charge is -2.11. The number of aromatic hydroxyl groups is 2. The summed E-state index contributed by atoms with van der Waals surface area (Å²) in [4.78, 5) is 12.4. The summed E-state index contributed by atoms with van der Waals surface area (Å²) >= 11 is 0. The van der Waals surface area contributed by atoms with Crippen molar-refractivity contribution in [3.05, 3.63) is 88.5 Å². The monoisotopic (exact) mass is 495 g/mol. The van der Waals surface area contributed by atoms with Crippen LogP contribution in [0.4, 0.5) is 13.2 Å². The van der Waals surface area contributed by atoms with Gasteiger partial charge in [0.05, 0.1) is 28.8 Å². The van der Waals surface area contributed by atoms with Crippen molar-refractivity contribution >= 4 is 22.5 Å². The lowest BCUT2D eigenvalue weighted by atomic mass is 10.1. The van der Waals surface area contributed by atoms with Crippen molar-refractivity contribution in [2.75, 3.05) is 0 Å². The number of carbonyl (C=O) groups excluding carboxylic acids is 1. The van der Waals surface area contributed by atoms with Gasteiger partial charge in [0.15, 0.2) is 0 Å². The number of hydrazone groups is 1. The number of hydrogen-bond donors (Lipinski definition) is 3. The summed E-state index contributed by atoms with van der Waals surface area (Å²) < 4.78 is 41.9. The Balaban J connectivity index is 1.78. The van der Waals surface area contributed by atoms with Gasteiger partial charge < -0.3 is 10.2 Å². The highest BCUT2D eigenvalue weighted by molar-refractivity contribution is 6.13. The number of fused-ring (bicyclic) bond motifs is 1. The molecular weight excluding hydrogens is 471 g/mol. The molecule has 1 heterocycles. The fourth-order valence-electron chi connectivity index (χ4n) is 4.19. The van der Waals surface area contributed by atoms with Crippen molar-refractivity contribution < 1.29 is 28.2 Å². The van der Waals surface area contributed by atoms with Gasteiger partial charge in [-0.3, -0.25) is 9.36 Å². The highest BCUT2D eigenvalue weighted by atomic mass is 19.4. The zero-order chi connectivity index (χ0) is 26.2. The minimum Gasteiger partial charge on any atom is -0.508 e. The number of rotatable bonds is 5. The number of phenolic OH excluding ortho intramolecular Hbond substituents is 1. The number of nitrogens with zero attached hydrogens (tertiary/aromatic N) is 2. The number of carbonyl (C=O) groups is 1. The maximum Gasteiger partial charge on any atom is 0.416 e. The molecule has 6 nitrogen and oxygen atoms in total. The number of nitrogens with one attached hydrogen (secondary N) is 1. The Morgan fingerprint density at radius 3 is 2.22 bits per heavy atom. The van der Waals surface area contributed by atoms with Crippen LogP contribution in [0.3, 0.4) is 0 Å². The fraction of sp³-hybridized carbons (Fsp3) is 0.185. The Bertz CT molecular complexity index is 1470. The molecule has 0 aliphatic carbocycles. The van der Waals surface area contributed by atoms with Crippen LogP contribution in [0.5, 0.6) is 11.6 Å². The van der Waals surface area contributed by atoms with Gasteiger partial charge in [0, 0.05) is 11.1 Å². The van der Waals surface area contributed by atoms with Crippen LogP contribution in [-0.4, -0.2) is 26.4 Å².